The molecule has 0 N–H and O–H groups in total. The number of aromatic nitrogens is 1. The highest BCUT2D eigenvalue weighted by Gasteiger charge is 2.30. The molecule has 20 heavy (non-hydrogen) atoms. The average molecular weight is 274 g/mol. The van der Waals surface area contributed by atoms with E-state index in [-0.39, 0.29) is 5.92 Å². The first-order valence-corrected chi connectivity index (χ1v) is 7.50. The molecule has 2 rings (SSSR count). The van der Waals surface area contributed by atoms with Gasteiger partial charge in [-0.3, -0.25) is 14.7 Å². The number of hydrogen-bond acceptors (Lipinski definition) is 3. The molecule has 0 spiro atoms. The first kappa shape index (κ1) is 15.2. The van der Waals surface area contributed by atoms with Crippen molar-refractivity contribution in [3.8, 4) is 0 Å². The highest BCUT2D eigenvalue weighted by Crippen LogP contribution is 2.27. The van der Waals surface area contributed by atoms with E-state index in [1.807, 2.05) is 0 Å². The average Bonchev–Trinajstić information content (AvgIpc) is 2.30. The smallest absolute Gasteiger partial charge is 0.135 e. The first-order chi connectivity index (χ1) is 9.31. The molecule has 0 aromatic carbocycles. The van der Waals surface area contributed by atoms with E-state index in [4.69, 9.17) is 4.98 Å². The monoisotopic (exact) mass is 274 g/mol. The van der Waals surface area contributed by atoms with Crippen LogP contribution in [0.4, 0.5) is 0 Å². The Morgan fingerprint density at radius 2 is 1.85 bits per heavy atom. The molecule has 1 fully saturated rings. The predicted molar refractivity (Wildman–Crippen MR) is 82.0 cm³/mol. The summed E-state index contributed by atoms with van der Waals surface area (Å²) >= 11 is 0. The van der Waals surface area contributed by atoms with Crippen molar-refractivity contribution < 1.29 is 4.79 Å². The number of Topliss-reactive ketones (excluding diaryl/α,β-unsaturated/α-hetero) is 1. The molecule has 2 heterocycles. The lowest BCUT2D eigenvalue weighted by Crippen LogP contribution is -2.49. The number of nitrogens with zero attached hydrogens (tertiary/aromatic N) is 2. The second kappa shape index (κ2) is 5.65. The van der Waals surface area contributed by atoms with Gasteiger partial charge >= 0.3 is 0 Å². The van der Waals surface area contributed by atoms with Crippen LogP contribution in [0.5, 0.6) is 0 Å². The molecule has 110 valence electrons. The summed E-state index contributed by atoms with van der Waals surface area (Å²) in [6, 6.07) is 0. The lowest BCUT2D eigenvalue weighted by molar-refractivity contribution is -0.126. The Bertz CT molecular complexity index is 528. The largest absolute Gasteiger partial charge is 0.300 e. The lowest BCUT2D eigenvalue weighted by atomic mass is 9.92. The van der Waals surface area contributed by atoms with Crippen molar-refractivity contribution in [1.82, 2.24) is 9.88 Å². The summed E-state index contributed by atoms with van der Waals surface area (Å²) < 4.78 is 0. The molecule has 0 atom stereocenters. The van der Waals surface area contributed by atoms with Gasteiger partial charge < -0.3 is 0 Å². The van der Waals surface area contributed by atoms with Gasteiger partial charge in [0.2, 0.25) is 0 Å². The molecular formula is C17H26N2O. The van der Waals surface area contributed by atoms with Crippen LogP contribution in [0.25, 0.3) is 0 Å². The van der Waals surface area contributed by atoms with Crippen molar-refractivity contribution >= 4 is 5.78 Å². The Labute approximate surface area is 122 Å². The van der Waals surface area contributed by atoms with E-state index in [1.165, 1.54) is 22.4 Å². The molecule has 0 unspecified atom stereocenters. The van der Waals surface area contributed by atoms with Gasteiger partial charge in [0.25, 0.3) is 0 Å². The number of pyridine rings is 1. The number of hydrogen-bond donors (Lipinski definition) is 0. The second-order valence-electron chi connectivity index (χ2n) is 6.47. The van der Waals surface area contributed by atoms with Crippen molar-refractivity contribution in [3.63, 3.8) is 0 Å². The van der Waals surface area contributed by atoms with Crippen molar-refractivity contribution in [3.05, 3.63) is 28.1 Å². The molecule has 1 aliphatic heterocycles. The molecular weight excluding hydrogens is 248 g/mol. The maximum atomic E-state index is 11.3. The number of aryl methyl sites for hydroxylation is 1. The molecule has 0 bridgehead atoms. The topological polar surface area (TPSA) is 33.2 Å². The van der Waals surface area contributed by atoms with E-state index in [9.17, 15) is 4.79 Å². The van der Waals surface area contributed by atoms with E-state index in [1.54, 1.807) is 6.92 Å². The highest BCUT2D eigenvalue weighted by molar-refractivity contribution is 5.79. The predicted octanol–water partition coefficient (Wildman–Crippen LogP) is 3.15. The third-order valence-electron chi connectivity index (χ3n) is 4.58. The van der Waals surface area contributed by atoms with Gasteiger partial charge in [0.1, 0.15) is 5.78 Å². The Kier molecular flexibility index (Phi) is 4.28. The third-order valence-corrected chi connectivity index (χ3v) is 4.58. The summed E-state index contributed by atoms with van der Waals surface area (Å²) in [7, 11) is 0. The van der Waals surface area contributed by atoms with Gasteiger partial charge in [-0.25, -0.2) is 0 Å². The van der Waals surface area contributed by atoms with Crippen LogP contribution in [0.2, 0.25) is 0 Å². The van der Waals surface area contributed by atoms with Gasteiger partial charge in [-0.15, -0.1) is 0 Å². The number of carbonyl (C=O) groups is 1. The van der Waals surface area contributed by atoms with Crippen molar-refractivity contribution in [2.45, 2.75) is 54.0 Å². The molecule has 1 aliphatic rings. The van der Waals surface area contributed by atoms with Gasteiger partial charge in [-0.1, -0.05) is 13.8 Å². The zero-order valence-corrected chi connectivity index (χ0v) is 13.6. The summed E-state index contributed by atoms with van der Waals surface area (Å²) in [5.41, 5.74) is 6.39. The summed E-state index contributed by atoms with van der Waals surface area (Å²) in [6.45, 7) is 15.3. The Hall–Kier alpha value is -1.22. The van der Waals surface area contributed by atoms with Crippen LogP contribution in [0, 0.1) is 26.7 Å². The molecule has 3 heteroatoms. The van der Waals surface area contributed by atoms with Crippen LogP contribution >= 0.6 is 0 Å². The van der Waals surface area contributed by atoms with Crippen LogP contribution in [0.15, 0.2) is 0 Å². The van der Waals surface area contributed by atoms with E-state index in [2.05, 4.69) is 39.5 Å². The van der Waals surface area contributed by atoms with E-state index in [0.717, 1.165) is 25.3 Å². The van der Waals surface area contributed by atoms with Crippen LogP contribution in [0.3, 0.4) is 0 Å². The maximum absolute atomic E-state index is 11.3. The number of ketones is 1. The standard InChI is InChI=1S/C17H26N2O/c1-10(2)17-12(4)11(3)16(13(5)18-17)9-19-7-15(8-19)14(6)20/h10,15H,7-9H2,1-6H3. The van der Waals surface area contributed by atoms with Gasteiger partial charge in [-0.05, 0) is 50.3 Å². The summed E-state index contributed by atoms with van der Waals surface area (Å²) in [4.78, 5) is 18.4. The Morgan fingerprint density at radius 3 is 2.35 bits per heavy atom. The third kappa shape index (κ3) is 2.78. The summed E-state index contributed by atoms with van der Waals surface area (Å²) in [5, 5.41) is 0. The minimum absolute atomic E-state index is 0.250. The summed E-state index contributed by atoms with van der Waals surface area (Å²) in [6.07, 6.45) is 0. The fourth-order valence-electron chi connectivity index (χ4n) is 3.00. The molecule has 1 aromatic rings. The van der Waals surface area contributed by atoms with E-state index in [0.29, 0.717) is 11.7 Å². The summed E-state index contributed by atoms with van der Waals surface area (Å²) in [5.74, 6) is 1.03. The molecule has 0 radical (unpaired) electrons. The molecule has 0 saturated carbocycles. The Balaban J connectivity index is 2.17. The zero-order chi connectivity index (χ0) is 15.0. The molecule has 0 aliphatic carbocycles. The van der Waals surface area contributed by atoms with Gasteiger partial charge in [0.15, 0.2) is 0 Å². The zero-order valence-electron chi connectivity index (χ0n) is 13.6. The highest BCUT2D eigenvalue weighted by atomic mass is 16.1. The fraction of sp³-hybridized carbons (Fsp3) is 0.647. The van der Waals surface area contributed by atoms with Crippen LogP contribution in [-0.2, 0) is 11.3 Å². The number of rotatable bonds is 4. The first-order valence-electron chi connectivity index (χ1n) is 7.50. The molecule has 0 amide bonds. The van der Waals surface area contributed by atoms with Crippen LogP contribution in [0.1, 0.15) is 54.8 Å². The van der Waals surface area contributed by atoms with Crippen molar-refractivity contribution in [2.75, 3.05) is 13.1 Å². The SMILES string of the molecule is CC(=O)C1CN(Cc2c(C)nc(C(C)C)c(C)c2C)C1. The second-order valence-corrected chi connectivity index (χ2v) is 6.47. The van der Waals surface area contributed by atoms with Crippen molar-refractivity contribution in [2.24, 2.45) is 5.92 Å². The fourth-order valence-corrected chi connectivity index (χ4v) is 3.00. The quantitative estimate of drug-likeness (QED) is 0.845. The van der Waals surface area contributed by atoms with E-state index < -0.39 is 0 Å². The van der Waals surface area contributed by atoms with Gasteiger partial charge in [-0.2, -0.15) is 0 Å². The van der Waals surface area contributed by atoms with Crippen LogP contribution in [-0.4, -0.2) is 28.8 Å². The number of likely N-dealkylation sites (tertiary alicyclic amines) is 1. The normalized spacial score (nSPS) is 16.6. The molecule has 3 nitrogen and oxygen atoms in total. The minimum Gasteiger partial charge on any atom is -0.300 e. The number of carbonyl (C=O) groups excluding carboxylic acids is 1. The van der Waals surface area contributed by atoms with E-state index >= 15 is 0 Å². The van der Waals surface area contributed by atoms with Crippen LogP contribution < -0.4 is 0 Å². The maximum Gasteiger partial charge on any atom is 0.135 e. The Morgan fingerprint density at radius 1 is 1.25 bits per heavy atom. The molecule has 1 saturated heterocycles. The lowest BCUT2D eigenvalue weighted by Gasteiger charge is -2.38. The molecule has 1 aromatic heterocycles. The van der Waals surface area contributed by atoms with Gasteiger partial charge in [0.05, 0.1) is 0 Å². The van der Waals surface area contributed by atoms with Crippen molar-refractivity contribution in [1.29, 1.82) is 0 Å². The van der Waals surface area contributed by atoms with Gasteiger partial charge in [0, 0.05) is 36.9 Å². The minimum atomic E-state index is 0.250.